The van der Waals surface area contributed by atoms with Crippen molar-refractivity contribution < 1.29 is 24.5 Å². The summed E-state index contributed by atoms with van der Waals surface area (Å²) in [6, 6.07) is 3.31. The topological polar surface area (TPSA) is 91.6 Å². The van der Waals surface area contributed by atoms with Gasteiger partial charge < -0.3 is 19.7 Å². The van der Waals surface area contributed by atoms with Crippen molar-refractivity contribution >= 4 is 11.8 Å². The van der Waals surface area contributed by atoms with E-state index in [0.29, 0.717) is 22.4 Å². The highest BCUT2D eigenvalue weighted by Crippen LogP contribution is 2.27. The summed E-state index contributed by atoms with van der Waals surface area (Å²) in [4.78, 5) is 11.4. The van der Waals surface area contributed by atoms with Crippen molar-refractivity contribution in [2.75, 3.05) is 7.11 Å². The van der Waals surface area contributed by atoms with Gasteiger partial charge in [0.2, 0.25) is 11.8 Å². The monoisotopic (exact) mass is 294 g/mol. The minimum atomic E-state index is -0.487. The molecule has 1 atom stereocenters. The van der Waals surface area contributed by atoms with Crippen molar-refractivity contribution in [2.45, 2.75) is 33.3 Å². The molecule has 7 nitrogen and oxygen atoms in total. The third-order valence-electron chi connectivity index (χ3n) is 3.24. The summed E-state index contributed by atoms with van der Waals surface area (Å²) < 4.78 is 10.8. The number of rotatable bonds is 4. The lowest BCUT2D eigenvalue weighted by Gasteiger charge is -2.14. The largest absolute Gasteiger partial charge is 0.496 e. The van der Waals surface area contributed by atoms with Gasteiger partial charge in [0.15, 0.2) is 6.23 Å². The Kier molecular flexibility index (Phi) is 4.44. The van der Waals surface area contributed by atoms with Crippen molar-refractivity contribution in [1.82, 2.24) is 5.01 Å². The molecule has 0 fully saturated rings. The summed E-state index contributed by atoms with van der Waals surface area (Å²) in [6.45, 7) is 2.62. The van der Waals surface area contributed by atoms with Gasteiger partial charge in [0, 0.05) is 18.1 Å². The van der Waals surface area contributed by atoms with Gasteiger partial charge in [-0.15, -0.1) is 5.10 Å². The fraction of sp³-hybridized carbons (Fsp3) is 0.429. The van der Waals surface area contributed by atoms with Gasteiger partial charge in [0.05, 0.1) is 20.3 Å². The van der Waals surface area contributed by atoms with E-state index in [1.165, 1.54) is 19.0 Å². The molecule has 7 heteroatoms. The molecule has 0 aliphatic carbocycles. The van der Waals surface area contributed by atoms with Crippen molar-refractivity contribution in [3.63, 3.8) is 0 Å². The summed E-state index contributed by atoms with van der Waals surface area (Å²) in [6.07, 6.45) is -0.487. The molecule has 2 N–H and O–H groups in total. The number of benzene rings is 1. The molecule has 1 unspecified atom stereocenters. The van der Waals surface area contributed by atoms with E-state index in [9.17, 15) is 15.0 Å². The number of carbonyl (C=O) groups is 1. The van der Waals surface area contributed by atoms with Crippen LogP contribution < -0.4 is 4.74 Å². The van der Waals surface area contributed by atoms with Crippen molar-refractivity contribution in [3.8, 4) is 5.75 Å². The molecule has 0 aromatic heterocycles. The van der Waals surface area contributed by atoms with E-state index in [4.69, 9.17) is 9.47 Å². The van der Waals surface area contributed by atoms with Gasteiger partial charge in [0.25, 0.3) is 0 Å². The van der Waals surface area contributed by atoms with Crippen molar-refractivity contribution in [2.24, 2.45) is 5.10 Å². The van der Waals surface area contributed by atoms with Crippen LogP contribution in [0.5, 0.6) is 5.75 Å². The summed E-state index contributed by atoms with van der Waals surface area (Å²) in [5.74, 6) is 0.480. The normalized spacial score (nSPS) is 17.5. The number of methoxy groups -OCH3 is 1. The standard InChI is InChI=1S/C14H18N2O5/c1-8(19)16-9(2)21-14(15-16)10-4-11(6-17)12(7-18)13(5-10)20-3/h4-5,9,17-18H,6-7H2,1-3H3. The van der Waals surface area contributed by atoms with Crippen LogP contribution in [0.4, 0.5) is 0 Å². The fourth-order valence-corrected chi connectivity index (χ4v) is 2.20. The first-order chi connectivity index (χ1) is 10.0. The zero-order valence-electron chi connectivity index (χ0n) is 12.2. The van der Waals surface area contributed by atoms with Gasteiger partial charge in [-0.05, 0) is 24.6 Å². The van der Waals surface area contributed by atoms with E-state index in [-0.39, 0.29) is 25.0 Å². The number of aliphatic hydroxyl groups excluding tert-OH is 2. The lowest BCUT2D eigenvalue weighted by molar-refractivity contribution is -0.134. The number of carbonyl (C=O) groups excluding carboxylic acids is 1. The van der Waals surface area contributed by atoms with Crippen molar-refractivity contribution in [3.05, 3.63) is 28.8 Å². The molecule has 0 radical (unpaired) electrons. The van der Waals surface area contributed by atoms with Crippen LogP contribution >= 0.6 is 0 Å². The second-order valence-electron chi connectivity index (χ2n) is 4.62. The van der Waals surface area contributed by atoms with Gasteiger partial charge in [-0.25, -0.2) is 0 Å². The highest BCUT2D eigenvalue weighted by atomic mass is 16.5. The minimum Gasteiger partial charge on any atom is -0.496 e. The molecule has 114 valence electrons. The van der Waals surface area contributed by atoms with Crippen LogP contribution in [0, 0.1) is 0 Å². The van der Waals surface area contributed by atoms with E-state index in [1.807, 2.05) is 0 Å². The predicted octanol–water partition coefficient (Wildman–Crippen LogP) is 0.566. The van der Waals surface area contributed by atoms with Crippen molar-refractivity contribution in [1.29, 1.82) is 0 Å². The fourth-order valence-electron chi connectivity index (χ4n) is 2.20. The Labute approximate surface area is 122 Å². The summed E-state index contributed by atoms with van der Waals surface area (Å²) in [5, 5.41) is 24.1. The molecule has 0 bridgehead atoms. The Morgan fingerprint density at radius 1 is 1.43 bits per heavy atom. The van der Waals surface area contributed by atoms with Crippen LogP contribution in [0.15, 0.2) is 17.2 Å². The maximum absolute atomic E-state index is 11.4. The number of aliphatic hydroxyl groups is 2. The zero-order chi connectivity index (χ0) is 15.6. The number of amides is 1. The molecule has 1 heterocycles. The number of nitrogens with zero attached hydrogens (tertiary/aromatic N) is 2. The lowest BCUT2D eigenvalue weighted by Crippen LogP contribution is -2.29. The quantitative estimate of drug-likeness (QED) is 0.847. The molecular formula is C14H18N2O5. The number of hydrogen-bond acceptors (Lipinski definition) is 6. The third kappa shape index (κ3) is 2.84. The first kappa shape index (κ1) is 15.3. The first-order valence-corrected chi connectivity index (χ1v) is 6.48. The van der Waals surface area contributed by atoms with E-state index in [0.717, 1.165) is 0 Å². The van der Waals surface area contributed by atoms with Gasteiger partial charge in [-0.1, -0.05) is 0 Å². The predicted molar refractivity (Wildman–Crippen MR) is 74.4 cm³/mol. The SMILES string of the molecule is COc1cc(C2=NN(C(C)=O)C(C)O2)cc(CO)c1CO. The molecule has 0 saturated heterocycles. The van der Waals surface area contributed by atoms with Gasteiger partial charge >= 0.3 is 0 Å². The Morgan fingerprint density at radius 2 is 2.14 bits per heavy atom. The second-order valence-corrected chi connectivity index (χ2v) is 4.62. The van der Waals surface area contributed by atoms with E-state index in [2.05, 4.69) is 5.10 Å². The molecule has 1 aromatic rings. The highest BCUT2D eigenvalue weighted by Gasteiger charge is 2.28. The van der Waals surface area contributed by atoms with E-state index in [1.54, 1.807) is 19.1 Å². The molecule has 1 amide bonds. The summed E-state index contributed by atoms with van der Waals surface area (Å²) in [7, 11) is 1.47. The highest BCUT2D eigenvalue weighted by molar-refractivity contribution is 5.97. The first-order valence-electron chi connectivity index (χ1n) is 6.48. The maximum Gasteiger partial charge on any atom is 0.242 e. The third-order valence-corrected chi connectivity index (χ3v) is 3.24. The molecule has 0 saturated carbocycles. The number of hydrogen-bond donors (Lipinski definition) is 2. The number of ether oxygens (including phenoxy) is 2. The van der Waals surface area contributed by atoms with Crippen LogP contribution in [0.1, 0.15) is 30.5 Å². The lowest BCUT2D eigenvalue weighted by atomic mass is 10.0. The zero-order valence-corrected chi connectivity index (χ0v) is 12.2. The Morgan fingerprint density at radius 3 is 2.62 bits per heavy atom. The molecule has 1 aliphatic rings. The molecule has 2 rings (SSSR count). The van der Waals surface area contributed by atoms with Gasteiger partial charge in [0.1, 0.15) is 5.75 Å². The van der Waals surface area contributed by atoms with Crippen LogP contribution in [0.2, 0.25) is 0 Å². The average molecular weight is 294 g/mol. The smallest absolute Gasteiger partial charge is 0.242 e. The molecule has 21 heavy (non-hydrogen) atoms. The molecule has 0 spiro atoms. The van der Waals surface area contributed by atoms with Crippen LogP contribution in [0.25, 0.3) is 0 Å². The Hall–Kier alpha value is -2.12. The van der Waals surface area contributed by atoms with E-state index >= 15 is 0 Å². The van der Waals surface area contributed by atoms with Crippen LogP contribution in [0.3, 0.4) is 0 Å². The minimum absolute atomic E-state index is 0.223. The molecule has 1 aromatic carbocycles. The summed E-state index contributed by atoms with van der Waals surface area (Å²) in [5.41, 5.74) is 1.61. The van der Waals surface area contributed by atoms with Gasteiger partial charge in [-0.2, -0.15) is 5.01 Å². The Balaban J connectivity index is 2.46. The number of hydrazone groups is 1. The summed E-state index contributed by atoms with van der Waals surface area (Å²) >= 11 is 0. The second kappa shape index (κ2) is 6.11. The molecular weight excluding hydrogens is 276 g/mol. The van der Waals surface area contributed by atoms with Gasteiger partial charge in [-0.3, -0.25) is 4.79 Å². The van der Waals surface area contributed by atoms with E-state index < -0.39 is 6.23 Å². The average Bonchev–Trinajstić information content (AvgIpc) is 2.87. The van der Waals surface area contributed by atoms with Crippen LogP contribution in [-0.4, -0.2) is 40.4 Å². The Bertz CT molecular complexity index is 560. The molecule has 1 aliphatic heterocycles. The van der Waals surface area contributed by atoms with Crippen LogP contribution in [-0.2, 0) is 22.7 Å². The maximum atomic E-state index is 11.4.